The molecule has 0 amide bonds. The van der Waals surface area contributed by atoms with E-state index in [0.29, 0.717) is 0 Å². The quantitative estimate of drug-likeness (QED) is 0.256. The molecule has 4 nitrogen and oxygen atoms in total. The van der Waals surface area contributed by atoms with Crippen LogP contribution in [-0.4, -0.2) is 19.9 Å². The van der Waals surface area contributed by atoms with Crippen molar-refractivity contribution in [3.8, 4) is 0 Å². The zero-order chi connectivity index (χ0) is 21.9. The Hall–Kier alpha value is -3.40. The van der Waals surface area contributed by atoms with Crippen LogP contribution < -0.4 is 4.53 Å². The topological polar surface area (TPSA) is 57.4 Å². The number of nitrogens with zero attached hydrogens (tertiary/aromatic N) is 2. The molecule has 2 N–H and O–H groups in total. The Bertz CT molecular complexity index is 1300. The van der Waals surface area contributed by atoms with Crippen molar-refractivity contribution in [3.05, 3.63) is 101 Å². The van der Waals surface area contributed by atoms with Gasteiger partial charge in [0.25, 0.3) is 0 Å². The molecule has 8 bridgehead atoms. The Balaban J connectivity index is 0.000000230. The molecule has 0 saturated carbocycles. The fraction of sp³-hybridized carbons (Fsp3) is 0. The summed E-state index contributed by atoms with van der Waals surface area (Å²) in [5.41, 5.74) is 7.86. The Labute approximate surface area is 198 Å². The average Bonchev–Trinajstić information content (AvgIpc) is 3.57. The maximum absolute atomic E-state index is 5.57. The minimum absolute atomic E-state index is 0.741. The molecule has 0 spiro atoms. The Morgan fingerprint density at radius 1 is 0.531 bits per heavy atom. The summed E-state index contributed by atoms with van der Waals surface area (Å²) < 4.78 is 0.870. The molecule has 1 aromatic carbocycles. The molecule has 0 unspecified atom stereocenters. The number of rotatable bonds is 0. The van der Waals surface area contributed by atoms with Crippen LogP contribution in [0.25, 0.3) is 46.4 Å². The van der Waals surface area contributed by atoms with Gasteiger partial charge in [-0.15, -0.1) is 0 Å². The van der Waals surface area contributed by atoms with Crippen molar-refractivity contribution in [2.45, 2.75) is 0 Å². The summed E-state index contributed by atoms with van der Waals surface area (Å²) >= 11 is 10.1. The van der Waals surface area contributed by atoms with Gasteiger partial charge in [-0.2, -0.15) is 0 Å². The molecule has 0 aliphatic carbocycles. The summed E-state index contributed by atoms with van der Waals surface area (Å²) in [6.45, 7) is 0. The van der Waals surface area contributed by atoms with Crippen molar-refractivity contribution in [2.24, 2.45) is 0 Å². The number of halogens is 1. The standard InChI is InChI=1S/C20H14N4.C6H4Cl.Ni/c1-2-14-10-16-5-6-18(23-16)12-20-8-7-19(24-20)11-17-4-3-15(22-17)9-13(1)21-14;7-6-4-2-1-3-5-6;/h1-12,21,24H;2-5H;. The molecule has 6 rings (SSSR count). The molecule has 2 aliphatic heterocycles. The van der Waals surface area contributed by atoms with Crippen molar-refractivity contribution >= 4 is 62.5 Å². The summed E-state index contributed by atoms with van der Waals surface area (Å²) in [7, 11) is 0. The first kappa shape index (κ1) is 20.5. The zero-order valence-electron chi connectivity index (χ0n) is 16.8. The van der Waals surface area contributed by atoms with Crippen LogP contribution in [0.3, 0.4) is 0 Å². The Kier molecular flexibility index (Phi) is 5.76. The van der Waals surface area contributed by atoms with Crippen LogP contribution in [0.1, 0.15) is 22.8 Å². The molecule has 5 heterocycles. The zero-order valence-corrected chi connectivity index (χ0v) is 18.6. The van der Waals surface area contributed by atoms with E-state index in [1.807, 2.05) is 60.7 Å². The van der Waals surface area contributed by atoms with Crippen LogP contribution in [0.2, 0.25) is 5.02 Å². The molecule has 6 heteroatoms. The summed E-state index contributed by atoms with van der Waals surface area (Å²) in [5, 5.41) is 0.741. The average molecular weight is 481 g/mol. The summed E-state index contributed by atoms with van der Waals surface area (Å²) in [5.74, 6) is 0. The predicted octanol–water partition coefficient (Wildman–Crippen LogP) is 6.17. The molecule has 0 fully saturated rings. The third-order valence-corrected chi connectivity index (χ3v) is 5.41. The molecule has 2 aliphatic rings. The number of benzene rings is 1. The van der Waals surface area contributed by atoms with E-state index in [4.69, 9.17) is 11.6 Å². The van der Waals surface area contributed by atoms with Gasteiger partial charge in [-0.1, -0.05) is 0 Å². The normalized spacial score (nSPS) is 11.8. The van der Waals surface area contributed by atoms with Gasteiger partial charge in [-0.05, 0) is 72.8 Å². The number of aromatic amines is 2. The number of hydrogen-bond donors (Lipinski definition) is 2. The van der Waals surface area contributed by atoms with E-state index in [1.54, 1.807) is 12.1 Å². The number of hydrogen-bond acceptors (Lipinski definition) is 2. The predicted molar refractivity (Wildman–Crippen MR) is 130 cm³/mol. The van der Waals surface area contributed by atoms with Gasteiger partial charge in [0.2, 0.25) is 0 Å². The molecule has 0 atom stereocenters. The number of H-pyrrole nitrogens is 2. The van der Waals surface area contributed by atoms with Crippen molar-refractivity contribution in [2.75, 3.05) is 0 Å². The number of nitrogens with one attached hydrogen (secondary N) is 2. The van der Waals surface area contributed by atoms with Crippen molar-refractivity contribution in [1.29, 1.82) is 0 Å². The first-order chi connectivity index (χ1) is 15.6. The SMILES string of the molecule is C1=Cc2cc3ccc(cc4nc(cc5ccc(cc1n2)[nH]5)C=C4)[nH]3.Clc1cc[c]([Ni])cc1. The fourth-order valence-corrected chi connectivity index (χ4v) is 3.65. The first-order valence-corrected chi connectivity index (χ1v) is 10.9. The summed E-state index contributed by atoms with van der Waals surface area (Å²) in [6, 6.07) is 23.6. The van der Waals surface area contributed by atoms with Crippen LogP contribution in [0.5, 0.6) is 0 Å². The maximum atomic E-state index is 5.57. The Morgan fingerprint density at radius 2 is 0.875 bits per heavy atom. The molecule has 0 radical (unpaired) electrons. The number of fused-ring (bicyclic) bond motifs is 8. The van der Waals surface area contributed by atoms with Crippen LogP contribution in [0.15, 0.2) is 72.8 Å². The van der Waals surface area contributed by atoms with Gasteiger partial charge in [-0.25, -0.2) is 9.97 Å². The van der Waals surface area contributed by atoms with E-state index in [0.717, 1.165) is 54.4 Å². The van der Waals surface area contributed by atoms with Gasteiger partial charge in [-0.3, -0.25) is 0 Å². The molecular weight excluding hydrogens is 462 g/mol. The van der Waals surface area contributed by atoms with Crippen LogP contribution in [0, 0.1) is 0 Å². The van der Waals surface area contributed by atoms with Gasteiger partial charge < -0.3 is 9.97 Å². The van der Waals surface area contributed by atoms with Crippen molar-refractivity contribution < 1.29 is 15.5 Å². The van der Waals surface area contributed by atoms with Gasteiger partial charge >= 0.3 is 60.9 Å². The molecule has 4 aromatic rings. The van der Waals surface area contributed by atoms with Crippen LogP contribution in [-0.2, 0) is 15.5 Å². The van der Waals surface area contributed by atoms with Crippen LogP contribution in [0.4, 0.5) is 0 Å². The van der Waals surface area contributed by atoms with Gasteiger partial charge in [0.05, 0.1) is 22.8 Å². The van der Waals surface area contributed by atoms with E-state index < -0.39 is 0 Å². The Morgan fingerprint density at radius 3 is 1.19 bits per heavy atom. The van der Waals surface area contributed by atoms with E-state index in [-0.39, 0.29) is 0 Å². The molecular formula is C26H18ClN4Ni. The third kappa shape index (κ3) is 5.08. The van der Waals surface area contributed by atoms with Gasteiger partial charge in [0, 0.05) is 22.1 Å². The molecule has 32 heavy (non-hydrogen) atoms. The van der Waals surface area contributed by atoms with Gasteiger partial charge in [0.15, 0.2) is 0 Å². The number of aromatic nitrogens is 4. The molecule has 0 saturated heterocycles. The minimum atomic E-state index is 0.741. The van der Waals surface area contributed by atoms with E-state index in [1.165, 1.54) is 0 Å². The van der Waals surface area contributed by atoms with Crippen molar-refractivity contribution in [3.63, 3.8) is 0 Å². The second-order valence-corrected chi connectivity index (χ2v) is 8.31. The van der Waals surface area contributed by atoms with E-state index in [2.05, 4.69) is 59.7 Å². The third-order valence-electron chi connectivity index (χ3n) is 4.82. The van der Waals surface area contributed by atoms with Gasteiger partial charge in [0.1, 0.15) is 0 Å². The second kappa shape index (κ2) is 9.00. The molecule has 3 aromatic heterocycles. The monoisotopic (exact) mass is 479 g/mol. The van der Waals surface area contributed by atoms with E-state index >= 15 is 0 Å². The fourth-order valence-electron chi connectivity index (χ4n) is 3.36. The second-order valence-electron chi connectivity index (χ2n) is 7.31. The van der Waals surface area contributed by atoms with Crippen LogP contribution >= 0.6 is 11.6 Å². The first-order valence-electron chi connectivity index (χ1n) is 10.0. The summed E-state index contributed by atoms with van der Waals surface area (Å²) in [4.78, 5) is 16.0. The van der Waals surface area contributed by atoms with E-state index in [9.17, 15) is 0 Å². The van der Waals surface area contributed by atoms with Crippen molar-refractivity contribution in [1.82, 2.24) is 19.9 Å². The molecule has 159 valence electrons. The summed E-state index contributed by atoms with van der Waals surface area (Å²) in [6.07, 6.45) is 8.09.